The van der Waals surface area contributed by atoms with E-state index in [0.29, 0.717) is 0 Å². The zero-order valence-electron chi connectivity index (χ0n) is 26.7. The van der Waals surface area contributed by atoms with Crippen LogP contribution in [0.2, 0.25) is 0 Å². The lowest BCUT2D eigenvalue weighted by atomic mass is 10.00. The zero-order chi connectivity index (χ0) is 28.4. The van der Waals surface area contributed by atoms with E-state index in [-0.39, 0.29) is 0 Å². The molecule has 0 saturated heterocycles. The second-order valence-corrected chi connectivity index (χ2v) is 11.5. The van der Waals surface area contributed by atoms with Crippen molar-refractivity contribution in [1.29, 1.82) is 0 Å². The number of rotatable bonds is 25. The van der Waals surface area contributed by atoms with Gasteiger partial charge in [-0.15, -0.1) is 0 Å². The maximum atomic E-state index is 5.84. The van der Waals surface area contributed by atoms with Crippen LogP contribution in [0.15, 0.2) is 46.6 Å². The maximum Gasteiger partial charge on any atom is 0.0674 e. The summed E-state index contributed by atoms with van der Waals surface area (Å²) < 4.78 is 11.6. The molecule has 0 aromatic heterocycles. The van der Waals surface area contributed by atoms with Gasteiger partial charge in [-0.2, -0.15) is 0 Å². The van der Waals surface area contributed by atoms with Crippen molar-refractivity contribution in [3.05, 3.63) is 46.6 Å². The predicted octanol–water partition coefficient (Wildman–Crippen LogP) is 8.61. The van der Waals surface area contributed by atoms with E-state index >= 15 is 0 Å². The van der Waals surface area contributed by atoms with E-state index in [4.69, 9.17) is 9.47 Å². The first kappa shape index (κ1) is 36.8. The molecule has 0 fully saturated rings. The lowest BCUT2D eigenvalue weighted by Gasteiger charge is -2.10. The first-order valence-electron chi connectivity index (χ1n) is 15.3. The molecule has 0 radical (unpaired) electrons. The first-order valence-corrected chi connectivity index (χ1v) is 15.3. The number of unbranched alkanes of at least 4 members (excludes halogenated alkanes) is 3. The van der Waals surface area contributed by atoms with Crippen LogP contribution in [0.4, 0.5) is 0 Å². The lowest BCUT2D eigenvalue weighted by Crippen LogP contribution is -2.15. The Balaban J connectivity index is 4.41. The highest BCUT2D eigenvalue weighted by molar-refractivity contribution is 5.09. The monoisotopic (exact) mass is 532 g/mol. The topological polar surface area (TPSA) is 24.9 Å². The number of ether oxygens (including phenoxy) is 2. The fourth-order valence-electron chi connectivity index (χ4n) is 4.24. The molecule has 0 spiro atoms. The third-order valence-electron chi connectivity index (χ3n) is 6.64. The summed E-state index contributed by atoms with van der Waals surface area (Å²) in [4.78, 5) is 4.41. The Labute approximate surface area is 238 Å². The molecule has 0 amide bonds. The number of allylic oxidation sites excluding steroid dienone is 6. The second-order valence-electron chi connectivity index (χ2n) is 11.5. The third kappa shape index (κ3) is 26.4. The molecular formula is C34H64N2O2. The van der Waals surface area contributed by atoms with Crippen molar-refractivity contribution in [2.75, 3.05) is 67.7 Å². The van der Waals surface area contributed by atoms with Gasteiger partial charge in [0.15, 0.2) is 0 Å². The molecule has 4 heteroatoms. The summed E-state index contributed by atoms with van der Waals surface area (Å²) in [5.41, 5.74) is 5.84. The van der Waals surface area contributed by atoms with Crippen LogP contribution in [0.3, 0.4) is 0 Å². The maximum absolute atomic E-state index is 5.84. The van der Waals surface area contributed by atoms with Crippen LogP contribution in [0.1, 0.15) is 105 Å². The van der Waals surface area contributed by atoms with E-state index in [0.717, 1.165) is 78.0 Å². The van der Waals surface area contributed by atoms with Gasteiger partial charge in [-0.1, -0.05) is 66.4 Å². The molecule has 0 bridgehead atoms. The van der Waals surface area contributed by atoms with E-state index in [1.807, 2.05) is 0 Å². The van der Waals surface area contributed by atoms with E-state index in [2.05, 4.69) is 90.0 Å². The van der Waals surface area contributed by atoms with Crippen molar-refractivity contribution in [2.45, 2.75) is 105 Å². The molecule has 0 heterocycles. The van der Waals surface area contributed by atoms with E-state index in [1.54, 1.807) is 5.57 Å². The lowest BCUT2D eigenvalue weighted by molar-refractivity contribution is 0.146. The van der Waals surface area contributed by atoms with Gasteiger partial charge in [-0.05, 0) is 126 Å². The highest BCUT2D eigenvalue weighted by atomic mass is 16.5. The van der Waals surface area contributed by atoms with Crippen LogP contribution < -0.4 is 0 Å². The standard InChI is InChI=1S/C34H64N2O2/c1-9-10-11-12-22-34(24-15-21-33(4)30-38-28-17-26-36(7)8)23-14-19-31(2)18-13-20-32(3)29-37-27-16-25-35(5)6/h19-22H,9-18,23-30H2,1-8H3/b31-19-,32-20-,33-21-,34-22-. The van der Waals surface area contributed by atoms with Crippen LogP contribution >= 0.6 is 0 Å². The minimum absolute atomic E-state index is 0.763. The normalized spacial score (nSPS) is 13.8. The average molecular weight is 533 g/mol. The molecule has 0 N–H and O–H groups in total. The molecule has 0 aromatic rings. The molecule has 0 atom stereocenters. The van der Waals surface area contributed by atoms with Gasteiger partial charge in [0.25, 0.3) is 0 Å². The Bertz CT molecular complexity index is 674. The minimum Gasteiger partial charge on any atom is -0.377 e. The van der Waals surface area contributed by atoms with Crippen molar-refractivity contribution in [1.82, 2.24) is 9.80 Å². The Morgan fingerprint density at radius 1 is 0.553 bits per heavy atom. The smallest absolute Gasteiger partial charge is 0.0674 e. The molecule has 0 rings (SSSR count). The Kier molecular flexibility index (Phi) is 25.2. The van der Waals surface area contributed by atoms with Crippen molar-refractivity contribution in [3.8, 4) is 0 Å². The summed E-state index contributed by atoms with van der Waals surface area (Å²) in [6.07, 6.45) is 24.0. The van der Waals surface area contributed by atoms with Crippen LogP contribution in [0, 0.1) is 0 Å². The fraction of sp³-hybridized carbons (Fsp3) is 0.765. The Hall–Kier alpha value is -1.20. The van der Waals surface area contributed by atoms with E-state index in [9.17, 15) is 0 Å². The molecule has 0 unspecified atom stereocenters. The van der Waals surface area contributed by atoms with Crippen LogP contribution in [-0.2, 0) is 9.47 Å². The summed E-state index contributed by atoms with van der Waals surface area (Å²) >= 11 is 0. The molecule has 222 valence electrons. The van der Waals surface area contributed by atoms with Gasteiger partial charge >= 0.3 is 0 Å². The van der Waals surface area contributed by atoms with Crippen LogP contribution in [0.5, 0.6) is 0 Å². The van der Waals surface area contributed by atoms with E-state index in [1.165, 1.54) is 55.2 Å². The van der Waals surface area contributed by atoms with Gasteiger partial charge in [0.05, 0.1) is 13.2 Å². The minimum atomic E-state index is 0.763. The average Bonchev–Trinajstić information content (AvgIpc) is 2.85. The molecule has 0 aliphatic heterocycles. The van der Waals surface area contributed by atoms with Crippen molar-refractivity contribution in [3.63, 3.8) is 0 Å². The van der Waals surface area contributed by atoms with Crippen molar-refractivity contribution < 1.29 is 9.47 Å². The molecule has 38 heavy (non-hydrogen) atoms. The second kappa shape index (κ2) is 26.0. The van der Waals surface area contributed by atoms with Gasteiger partial charge in [-0.25, -0.2) is 0 Å². The highest BCUT2D eigenvalue weighted by Crippen LogP contribution is 2.18. The SMILES string of the molecule is CCCCC/C=C(/CC/C=C(/C)CC/C=C(/C)COCCCN(C)C)CC/C=C(/C)COCCCN(C)C. The van der Waals surface area contributed by atoms with Gasteiger partial charge < -0.3 is 19.3 Å². The summed E-state index contributed by atoms with van der Waals surface area (Å²) in [6.45, 7) is 14.4. The molecule has 4 nitrogen and oxygen atoms in total. The van der Waals surface area contributed by atoms with Gasteiger partial charge in [0.2, 0.25) is 0 Å². The van der Waals surface area contributed by atoms with Crippen molar-refractivity contribution in [2.24, 2.45) is 0 Å². The summed E-state index contributed by atoms with van der Waals surface area (Å²) in [7, 11) is 8.44. The first-order chi connectivity index (χ1) is 18.2. The van der Waals surface area contributed by atoms with Gasteiger partial charge in [0, 0.05) is 13.2 Å². The zero-order valence-corrected chi connectivity index (χ0v) is 26.7. The molecular weight excluding hydrogens is 468 g/mol. The summed E-state index contributed by atoms with van der Waals surface area (Å²) in [5, 5.41) is 0. The number of hydrogen-bond donors (Lipinski definition) is 0. The molecule has 0 aromatic carbocycles. The quantitative estimate of drug-likeness (QED) is 0.0868. The Morgan fingerprint density at radius 3 is 1.50 bits per heavy atom. The summed E-state index contributed by atoms with van der Waals surface area (Å²) in [6, 6.07) is 0. The largest absolute Gasteiger partial charge is 0.377 e. The van der Waals surface area contributed by atoms with Gasteiger partial charge in [-0.3, -0.25) is 0 Å². The van der Waals surface area contributed by atoms with Crippen LogP contribution in [-0.4, -0.2) is 77.5 Å². The third-order valence-corrected chi connectivity index (χ3v) is 6.64. The van der Waals surface area contributed by atoms with Crippen LogP contribution in [0.25, 0.3) is 0 Å². The number of nitrogens with zero attached hydrogens (tertiary/aromatic N) is 2. The van der Waals surface area contributed by atoms with E-state index < -0.39 is 0 Å². The van der Waals surface area contributed by atoms with Gasteiger partial charge in [0.1, 0.15) is 0 Å². The molecule has 0 aliphatic rings. The predicted molar refractivity (Wildman–Crippen MR) is 169 cm³/mol. The number of hydrogen-bond acceptors (Lipinski definition) is 4. The Morgan fingerprint density at radius 2 is 1.03 bits per heavy atom. The fourth-order valence-corrected chi connectivity index (χ4v) is 4.24. The summed E-state index contributed by atoms with van der Waals surface area (Å²) in [5.74, 6) is 0. The molecule has 0 aliphatic carbocycles. The molecule has 0 saturated carbocycles. The van der Waals surface area contributed by atoms with Crippen molar-refractivity contribution >= 4 is 0 Å². The highest BCUT2D eigenvalue weighted by Gasteiger charge is 2.00.